The maximum Gasteiger partial charge on any atom is 0.298 e. The molecule has 2 bridgehead atoms. The maximum atomic E-state index is 14.1. The summed E-state index contributed by atoms with van der Waals surface area (Å²) < 4.78 is 25.6. The molecule has 27 heavy (non-hydrogen) atoms. The van der Waals surface area contributed by atoms with E-state index in [1.165, 1.54) is 11.3 Å². The van der Waals surface area contributed by atoms with Crippen molar-refractivity contribution in [3.05, 3.63) is 23.7 Å². The van der Waals surface area contributed by atoms with Crippen LogP contribution in [0.15, 0.2) is 28.1 Å². The number of aromatic nitrogens is 2. The molecule has 0 spiro atoms. The molecule has 2 fully saturated rings. The molecule has 0 amide bonds. The zero-order valence-electron chi connectivity index (χ0n) is 14.3. The second kappa shape index (κ2) is 6.48. The number of piperazine rings is 1. The molecule has 0 N–H and O–H groups in total. The Hall–Kier alpha value is -2.70. The van der Waals surface area contributed by atoms with Crippen molar-refractivity contribution < 1.29 is 13.6 Å². The second-order valence-corrected chi connectivity index (χ2v) is 7.63. The summed E-state index contributed by atoms with van der Waals surface area (Å²) in [6, 6.07) is 5.83. The van der Waals surface area contributed by atoms with Gasteiger partial charge in [-0.15, -0.1) is 20.9 Å². The van der Waals surface area contributed by atoms with E-state index in [0.29, 0.717) is 36.0 Å². The van der Waals surface area contributed by atoms with Gasteiger partial charge < -0.3 is 14.1 Å². The molecule has 2 atom stereocenters. The van der Waals surface area contributed by atoms with Crippen molar-refractivity contribution in [1.82, 2.24) is 15.1 Å². The molecular weight excluding hydrogens is 369 g/mol. The topological polar surface area (TPSA) is 78.4 Å². The zero-order chi connectivity index (χ0) is 18.4. The number of nitrogens with zero attached hydrogens (tertiary/aromatic N) is 5. The number of anilines is 1. The Bertz CT molecular complexity index is 1000. The number of nitriles is 1. The van der Waals surface area contributed by atoms with Gasteiger partial charge in [0, 0.05) is 30.7 Å². The van der Waals surface area contributed by atoms with Crippen LogP contribution in [0.5, 0.6) is 5.75 Å². The van der Waals surface area contributed by atoms with Crippen molar-refractivity contribution in [3.63, 3.8) is 0 Å². The van der Waals surface area contributed by atoms with Crippen LogP contribution in [0, 0.1) is 11.3 Å². The molecule has 3 aromatic rings. The second-order valence-electron chi connectivity index (χ2n) is 6.73. The number of oxazole rings is 1. The predicted molar refractivity (Wildman–Crippen MR) is 98.2 cm³/mol. The minimum atomic E-state index is -0.105. The Morgan fingerprint density at radius 3 is 2.85 bits per heavy atom. The average molecular weight is 385 g/mol. The van der Waals surface area contributed by atoms with Crippen molar-refractivity contribution in [1.29, 1.82) is 5.26 Å². The fourth-order valence-corrected chi connectivity index (χ4v) is 4.50. The van der Waals surface area contributed by atoms with Crippen molar-refractivity contribution in [2.24, 2.45) is 0 Å². The maximum absolute atomic E-state index is 14.1. The van der Waals surface area contributed by atoms with E-state index >= 15 is 0 Å². The van der Waals surface area contributed by atoms with Gasteiger partial charge in [-0.05, 0) is 18.9 Å². The van der Waals surface area contributed by atoms with Gasteiger partial charge in [0.15, 0.2) is 12.2 Å². The first-order valence-electron chi connectivity index (χ1n) is 8.76. The number of rotatable bonds is 4. The minimum Gasteiger partial charge on any atom is -0.479 e. The largest absolute Gasteiger partial charge is 0.479 e. The highest BCUT2D eigenvalue weighted by molar-refractivity contribution is 7.13. The van der Waals surface area contributed by atoms with Crippen LogP contribution in [-0.2, 0) is 0 Å². The third kappa shape index (κ3) is 2.81. The number of halogens is 1. The lowest BCUT2D eigenvalue weighted by molar-refractivity contribution is -0.0379. The zero-order valence-corrected chi connectivity index (χ0v) is 15.2. The van der Waals surface area contributed by atoms with E-state index < -0.39 is 0 Å². The molecular formula is C18H16FN5O2S. The lowest BCUT2D eigenvalue weighted by atomic mass is 10.2. The van der Waals surface area contributed by atoms with Crippen LogP contribution in [0.4, 0.5) is 10.5 Å². The molecule has 2 aromatic heterocycles. The standard InChI is InChI=1S/C18H16FN5O2S/c19-24-11-1-2-12(24)10-23(9-11)18-22-15-8-13(25-5-3-20)7-14(16(15)26-18)17-21-4-6-27-17/h4,6-8,11-12H,1-2,5,9-10H2. The van der Waals surface area contributed by atoms with Gasteiger partial charge in [-0.25, -0.2) is 4.98 Å². The van der Waals surface area contributed by atoms with Gasteiger partial charge >= 0.3 is 0 Å². The number of thiazole rings is 1. The number of benzene rings is 1. The molecule has 2 aliphatic rings. The third-order valence-corrected chi connectivity index (χ3v) is 5.89. The lowest BCUT2D eigenvalue weighted by Crippen LogP contribution is -2.50. The highest BCUT2D eigenvalue weighted by Gasteiger charge is 2.42. The summed E-state index contributed by atoms with van der Waals surface area (Å²) in [4.78, 5) is 11.0. The van der Waals surface area contributed by atoms with Gasteiger partial charge in [0.2, 0.25) is 0 Å². The summed E-state index contributed by atoms with van der Waals surface area (Å²) >= 11 is 1.49. The van der Waals surface area contributed by atoms with Crippen LogP contribution in [0.1, 0.15) is 12.8 Å². The minimum absolute atomic E-state index is 0.0463. The van der Waals surface area contributed by atoms with Gasteiger partial charge in [0.05, 0.1) is 17.6 Å². The summed E-state index contributed by atoms with van der Waals surface area (Å²) in [5.74, 6) is 0.544. The molecule has 138 valence electrons. The Morgan fingerprint density at radius 1 is 1.33 bits per heavy atom. The first-order valence-corrected chi connectivity index (χ1v) is 9.64. The third-order valence-electron chi connectivity index (χ3n) is 5.08. The molecule has 4 heterocycles. The van der Waals surface area contributed by atoms with Crippen molar-refractivity contribution in [3.8, 4) is 22.4 Å². The molecule has 9 heteroatoms. The van der Waals surface area contributed by atoms with Crippen molar-refractivity contribution >= 4 is 28.5 Å². The fourth-order valence-electron chi connectivity index (χ4n) is 3.85. The van der Waals surface area contributed by atoms with Crippen LogP contribution in [0.25, 0.3) is 21.7 Å². The summed E-state index contributed by atoms with van der Waals surface area (Å²) in [7, 11) is 0. The summed E-state index contributed by atoms with van der Waals surface area (Å²) in [5.41, 5.74) is 2.04. The van der Waals surface area contributed by atoms with E-state index in [2.05, 4.69) is 9.97 Å². The Kier molecular flexibility index (Phi) is 3.95. The molecule has 2 saturated heterocycles. The summed E-state index contributed by atoms with van der Waals surface area (Å²) in [6.07, 6.45) is 3.44. The number of ether oxygens (including phenoxy) is 1. The molecule has 1 aromatic carbocycles. The van der Waals surface area contributed by atoms with Crippen LogP contribution < -0.4 is 9.64 Å². The van der Waals surface area contributed by atoms with Gasteiger partial charge in [0.25, 0.3) is 6.01 Å². The quantitative estimate of drug-likeness (QED) is 0.637. The Morgan fingerprint density at radius 2 is 2.15 bits per heavy atom. The monoisotopic (exact) mass is 385 g/mol. The summed E-state index contributed by atoms with van der Waals surface area (Å²) in [6.45, 7) is 1.07. The Labute approximate surface area is 158 Å². The first kappa shape index (κ1) is 16.5. The Balaban J connectivity index is 1.56. The van der Waals surface area contributed by atoms with Crippen molar-refractivity contribution in [2.45, 2.75) is 24.9 Å². The van der Waals surface area contributed by atoms with E-state index in [9.17, 15) is 4.48 Å². The first-order chi connectivity index (χ1) is 13.2. The van der Waals surface area contributed by atoms with Crippen LogP contribution in [-0.4, -0.2) is 46.9 Å². The number of hydrogen-bond acceptors (Lipinski definition) is 8. The molecule has 0 saturated carbocycles. The highest BCUT2D eigenvalue weighted by Crippen LogP contribution is 2.38. The molecule has 2 aliphatic heterocycles. The molecule has 5 rings (SSSR count). The van der Waals surface area contributed by atoms with E-state index in [1.807, 2.05) is 22.4 Å². The van der Waals surface area contributed by atoms with Gasteiger partial charge in [-0.3, -0.25) is 0 Å². The van der Waals surface area contributed by atoms with Crippen LogP contribution in [0.3, 0.4) is 0 Å². The van der Waals surface area contributed by atoms with Crippen molar-refractivity contribution in [2.75, 3.05) is 24.6 Å². The number of fused-ring (bicyclic) bond motifs is 3. The molecule has 7 nitrogen and oxygen atoms in total. The van der Waals surface area contributed by atoms with E-state index in [1.54, 1.807) is 12.3 Å². The summed E-state index contributed by atoms with van der Waals surface area (Å²) in [5, 5.41) is 12.4. The van der Waals surface area contributed by atoms with Gasteiger partial charge in [-0.2, -0.15) is 10.2 Å². The highest BCUT2D eigenvalue weighted by atomic mass is 32.1. The molecule has 0 radical (unpaired) electrons. The van der Waals surface area contributed by atoms with Crippen LogP contribution >= 0.6 is 11.3 Å². The SMILES string of the molecule is N#CCOc1cc(-c2nccs2)c2oc(N3CC4CCC(C3)N4F)nc2c1. The smallest absolute Gasteiger partial charge is 0.298 e. The fraction of sp³-hybridized carbons (Fsp3) is 0.389. The lowest BCUT2D eigenvalue weighted by Gasteiger charge is -2.34. The van der Waals surface area contributed by atoms with Crippen LogP contribution in [0.2, 0.25) is 0 Å². The molecule has 2 unspecified atom stereocenters. The number of hydrogen-bond donors (Lipinski definition) is 0. The average Bonchev–Trinajstić information content (AvgIpc) is 3.38. The van der Waals surface area contributed by atoms with E-state index in [4.69, 9.17) is 14.4 Å². The van der Waals surface area contributed by atoms with E-state index in [-0.39, 0.29) is 18.7 Å². The normalized spacial score (nSPS) is 22.3. The van der Waals surface area contributed by atoms with E-state index in [0.717, 1.165) is 28.5 Å². The molecule has 0 aliphatic carbocycles. The van der Waals surface area contributed by atoms with Gasteiger partial charge in [0.1, 0.15) is 22.3 Å². The van der Waals surface area contributed by atoms with Gasteiger partial charge in [-0.1, -0.05) is 0 Å². The predicted octanol–water partition coefficient (Wildman–Crippen LogP) is 3.39.